The molecule has 0 saturated heterocycles. The van der Waals surface area contributed by atoms with Crippen molar-refractivity contribution < 1.29 is 22.4 Å². The van der Waals surface area contributed by atoms with Gasteiger partial charge in [-0.3, -0.25) is 13.9 Å². The van der Waals surface area contributed by atoms with Crippen molar-refractivity contribution >= 4 is 43.5 Å². The lowest BCUT2D eigenvalue weighted by Gasteiger charge is -2.33. The summed E-state index contributed by atoms with van der Waals surface area (Å²) in [4.78, 5) is 28.7. The first-order valence-electron chi connectivity index (χ1n) is 13.2. The van der Waals surface area contributed by atoms with Gasteiger partial charge in [-0.15, -0.1) is 0 Å². The molecule has 3 aromatic rings. The van der Waals surface area contributed by atoms with Gasteiger partial charge in [-0.25, -0.2) is 12.8 Å². The minimum atomic E-state index is -4.16. The monoisotopic (exact) mass is 631 g/mol. The van der Waals surface area contributed by atoms with Crippen LogP contribution >= 0.6 is 15.9 Å². The molecule has 0 heterocycles. The normalized spacial score (nSPS) is 12.8. The Morgan fingerprint density at radius 1 is 0.975 bits per heavy atom. The average molecular weight is 633 g/mol. The number of benzene rings is 3. The van der Waals surface area contributed by atoms with Gasteiger partial charge >= 0.3 is 0 Å². The maximum absolute atomic E-state index is 14.0. The molecular formula is C30H35BrFN3O4S. The highest BCUT2D eigenvalue weighted by atomic mass is 79.9. The fourth-order valence-corrected chi connectivity index (χ4v) is 5.94. The lowest BCUT2D eigenvalue weighted by atomic mass is 10.1. The smallest absolute Gasteiger partial charge is 0.264 e. The summed E-state index contributed by atoms with van der Waals surface area (Å²) in [5.74, 6) is -1.32. The number of sulfonamides is 1. The number of nitrogens with zero attached hydrogens (tertiary/aromatic N) is 2. The van der Waals surface area contributed by atoms with Gasteiger partial charge in [-0.1, -0.05) is 65.7 Å². The molecule has 0 aliphatic heterocycles. The second-order valence-corrected chi connectivity index (χ2v) is 12.5. The number of hydrogen-bond acceptors (Lipinski definition) is 4. The third kappa shape index (κ3) is 7.91. The van der Waals surface area contributed by atoms with Gasteiger partial charge < -0.3 is 10.2 Å². The Hall–Kier alpha value is -3.24. The van der Waals surface area contributed by atoms with Crippen LogP contribution in [0.15, 0.2) is 82.2 Å². The van der Waals surface area contributed by atoms with Crippen LogP contribution in [0.2, 0.25) is 0 Å². The predicted molar refractivity (Wildman–Crippen MR) is 159 cm³/mol. The van der Waals surface area contributed by atoms with Crippen LogP contribution in [-0.4, -0.2) is 43.8 Å². The molecule has 2 amide bonds. The van der Waals surface area contributed by atoms with Gasteiger partial charge in [0.1, 0.15) is 18.4 Å². The molecule has 10 heteroatoms. The van der Waals surface area contributed by atoms with Gasteiger partial charge in [0.15, 0.2) is 0 Å². The topological polar surface area (TPSA) is 86.8 Å². The molecular weight excluding hydrogens is 597 g/mol. The van der Waals surface area contributed by atoms with Crippen LogP contribution in [0.4, 0.5) is 10.1 Å². The van der Waals surface area contributed by atoms with Crippen molar-refractivity contribution in [2.24, 2.45) is 0 Å². The van der Waals surface area contributed by atoms with Crippen molar-refractivity contribution in [1.82, 2.24) is 10.2 Å². The molecule has 0 fully saturated rings. The van der Waals surface area contributed by atoms with E-state index in [1.165, 1.54) is 29.2 Å². The number of rotatable bonds is 12. The quantitative estimate of drug-likeness (QED) is 0.273. The van der Waals surface area contributed by atoms with E-state index < -0.39 is 34.3 Å². The highest BCUT2D eigenvalue weighted by molar-refractivity contribution is 9.10. The Bertz CT molecular complexity index is 1420. The van der Waals surface area contributed by atoms with Crippen LogP contribution in [0.1, 0.15) is 44.7 Å². The first kappa shape index (κ1) is 31.3. The summed E-state index contributed by atoms with van der Waals surface area (Å²) < 4.78 is 43.1. The number of hydrogen-bond donors (Lipinski definition) is 1. The first-order valence-corrected chi connectivity index (χ1v) is 15.4. The SMILES string of the molecule is CC[C@@H](C)NC(=O)[C@H](CC)N(Cc1ccc(F)cc1)C(=O)CN(c1cccc(Br)c1)S(=O)(=O)c1ccc(C)cc1. The van der Waals surface area contributed by atoms with Crippen molar-refractivity contribution in [1.29, 1.82) is 0 Å². The van der Waals surface area contributed by atoms with E-state index in [2.05, 4.69) is 21.2 Å². The number of amides is 2. The van der Waals surface area contributed by atoms with E-state index in [4.69, 9.17) is 0 Å². The van der Waals surface area contributed by atoms with Crippen LogP contribution in [0, 0.1) is 12.7 Å². The predicted octanol–water partition coefficient (Wildman–Crippen LogP) is 5.81. The summed E-state index contributed by atoms with van der Waals surface area (Å²) in [6.07, 6.45) is 1.01. The maximum Gasteiger partial charge on any atom is 0.264 e. The van der Waals surface area contributed by atoms with Gasteiger partial charge in [0.05, 0.1) is 10.6 Å². The molecule has 0 spiro atoms. The second kappa shape index (κ2) is 13.9. The molecule has 0 aliphatic rings. The molecule has 0 bridgehead atoms. The molecule has 3 aromatic carbocycles. The van der Waals surface area contributed by atoms with Crippen LogP contribution in [0.5, 0.6) is 0 Å². The molecule has 3 rings (SSSR count). The summed E-state index contributed by atoms with van der Waals surface area (Å²) in [7, 11) is -4.16. The van der Waals surface area contributed by atoms with E-state index in [0.717, 1.165) is 9.87 Å². The van der Waals surface area contributed by atoms with Crippen LogP contribution < -0.4 is 9.62 Å². The van der Waals surface area contributed by atoms with Crippen molar-refractivity contribution in [2.45, 2.75) is 64.1 Å². The van der Waals surface area contributed by atoms with Crippen molar-refractivity contribution in [3.8, 4) is 0 Å². The van der Waals surface area contributed by atoms with Crippen molar-refractivity contribution in [2.75, 3.05) is 10.8 Å². The molecule has 214 valence electrons. The van der Waals surface area contributed by atoms with Crippen LogP contribution in [0.25, 0.3) is 0 Å². The summed E-state index contributed by atoms with van der Waals surface area (Å²) in [6, 6.07) is 17.8. The van der Waals surface area contributed by atoms with E-state index in [1.807, 2.05) is 20.8 Å². The highest BCUT2D eigenvalue weighted by Crippen LogP contribution is 2.27. The summed E-state index contributed by atoms with van der Waals surface area (Å²) >= 11 is 3.39. The molecule has 7 nitrogen and oxygen atoms in total. The summed E-state index contributed by atoms with van der Waals surface area (Å²) in [5, 5.41) is 2.93. The number of carbonyl (C=O) groups excluding carboxylic acids is 2. The minimum absolute atomic E-state index is 0.00243. The van der Waals surface area contributed by atoms with Gasteiger partial charge in [0.25, 0.3) is 10.0 Å². The fourth-order valence-electron chi connectivity index (χ4n) is 4.14. The van der Waals surface area contributed by atoms with E-state index >= 15 is 0 Å². The Labute approximate surface area is 244 Å². The lowest BCUT2D eigenvalue weighted by Crippen LogP contribution is -2.53. The molecule has 1 N–H and O–H groups in total. The third-order valence-corrected chi connectivity index (χ3v) is 8.92. The largest absolute Gasteiger partial charge is 0.352 e. The summed E-state index contributed by atoms with van der Waals surface area (Å²) in [5.41, 5.74) is 1.80. The van der Waals surface area contributed by atoms with E-state index in [1.54, 1.807) is 55.5 Å². The van der Waals surface area contributed by atoms with Crippen molar-refractivity contribution in [3.05, 3.63) is 94.2 Å². The van der Waals surface area contributed by atoms with Gasteiger partial charge in [0, 0.05) is 17.1 Å². The molecule has 0 aromatic heterocycles. The third-order valence-electron chi connectivity index (χ3n) is 6.64. The Morgan fingerprint density at radius 2 is 1.62 bits per heavy atom. The molecule has 0 unspecified atom stereocenters. The first-order chi connectivity index (χ1) is 19.0. The zero-order chi connectivity index (χ0) is 29.4. The molecule has 2 atom stereocenters. The minimum Gasteiger partial charge on any atom is -0.352 e. The molecule has 0 aliphatic carbocycles. The number of nitrogens with one attached hydrogen (secondary N) is 1. The van der Waals surface area contributed by atoms with Crippen LogP contribution in [0.3, 0.4) is 0 Å². The highest BCUT2D eigenvalue weighted by Gasteiger charge is 2.34. The van der Waals surface area contributed by atoms with Crippen LogP contribution in [-0.2, 0) is 26.2 Å². The Balaban J connectivity index is 2.05. The van der Waals surface area contributed by atoms with E-state index in [9.17, 15) is 22.4 Å². The fraction of sp³-hybridized carbons (Fsp3) is 0.333. The number of halogens is 2. The zero-order valence-corrected chi connectivity index (χ0v) is 25.5. The second-order valence-electron chi connectivity index (χ2n) is 9.69. The van der Waals surface area contributed by atoms with Crippen molar-refractivity contribution in [3.63, 3.8) is 0 Å². The zero-order valence-electron chi connectivity index (χ0n) is 23.1. The Kier molecular flexibility index (Phi) is 10.9. The van der Waals surface area contributed by atoms with E-state index in [-0.39, 0.29) is 23.4 Å². The molecule has 0 saturated carbocycles. The van der Waals surface area contributed by atoms with Gasteiger partial charge in [0.2, 0.25) is 11.8 Å². The molecule has 40 heavy (non-hydrogen) atoms. The van der Waals surface area contributed by atoms with Gasteiger partial charge in [-0.2, -0.15) is 0 Å². The number of carbonyl (C=O) groups is 2. The average Bonchev–Trinajstić information content (AvgIpc) is 2.92. The maximum atomic E-state index is 14.0. The molecule has 0 radical (unpaired) electrons. The lowest BCUT2D eigenvalue weighted by molar-refractivity contribution is -0.140. The Morgan fingerprint density at radius 3 is 2.20 bits per heavy atom. The number of anilines is 1. The van der Waals surface area contributed by atoms with E-state index in [0.29, 0.717) is 28.6 Å². The standard InChI is InChI=1S/C30H35BrFN3O4S/c1-5-22(4)33-30(37)28(6-2)34(19-23-12-14-25(32)15-13-23)29(36)20-35(26-9-7-8-24(31)18-26)40(38,39)27-16-10-21(3)11-17-27/h7-18,22,28H,5-6,19-20H2,1-4H3,(H,33,37)/t22-,28+/m1/s1. The summed E-state index contributed by atoms with van der Waals surface area (Å²) in [6.45, 7) is 6.93. The van der Waals surface area contributed by atoms with Gasteiger partial charge in [-0.05, 0) is 74.7 Å². The number of aryl methyl sites for hydroxylation is 1.